The van der Waals surface area contributed by atoms with Gasteiger partial charge in [0, 0.05) is 6.20 Å². The highest BCUT2D eigenvalue weighted by molar-refractivity contribution is 5.74. The molecule has 0 unspecified atom stereocenters. The number of halogens is 3. The molecule has 1 heterocycles. The molecule has 16 heavy (non-hydrogen) atoms. The predicted molar refractivity (Wildman–Crippen MR) is 54.0 cm³/mol. The van der Waals surface area contributed by atoms with E-state index in [2.05, 4.69) is 9.97 Å². The molecule has 0 spiro atoms. The van der Waals surface area contributed by atoms with Crippen molar-refractivity contribution in [2.75, 3.05) is 0 Å². The largest absolute Gasteiger partial charge is 0.393 e. The quantitative estimate of drug-likeness (QED) is 0.746. The molecule has 0 saturated heterocycles. The van der Waals surface area contributed by atoms with E-state index < -0.39 is 12.6 Å². The Labute approximate surface area is 90.1 Å². The molecular weight excluding hydrogens is 217 g/mol. The third kappa shape index (κ3) is 2.48. The molecule has 84 valence electrons. The summed E-state index contributed by atoms with van der Waals surface area (Å²) in [5, 5.41) is 0. The van der Waals surface area contributed by atoms with Crippen molar-refractivity contribution in [3.05, 3.63) is 35.7 Å². The van der Waals surface area contributed by atoms with E-state index in [0.29, 0.717) is 11.0 Å². The van der Waals surface area contributed by atoms with E-state index >= 15 is 0 Å². The van der Waals surface area contributed by atoms with Gasteiger partial charge in [0.15, 0.2) is 0 Å². The third-order valence-corrected chi connectivity index (χ3v) is 2.13. The molecule has 0 fully saturated rings. The minimum Gasteiger partial charge on any atom is -0.253 e. The fourth-order valence-corrected chi connectivity index (χ4v) is 1.49. The van der Waals surface area contributed by atoms with Crippen molar-refractivity contribution >= 4 is 11.0 Å². The standard InChI is InChI=1S/C11H9F3N2/c1-7-6-15-10-4-8(5-11(12,13)14)2-3-9(10)16-7/h2-4,6H,5H2,1H3. The van der Waals surface area contributed by atoms with E-state index in [1.165, 1.54) is 12.1 Å². The second kappa shape index (κ2) is 3.73. The minimum absolute atomic E-state index is 0.207. The van der Waals surface area contributed by atoms with E-state index in [0.717, 1.165) is 5.69 Å². The van der Waals surface area contributed by atoms with Crippen molar-refractivity contribution in [3.8, 4) is 0 Å². The maximum atomic E-state index is 12.2. The van der Waals surface area contributed by atoms with Crippen LogP contribution >= 0.6 is 0 Å². The van der Waals surface area contributed by atoms with Gasteiger partial charge in [-0.3, -0.25) is 4.98 Å². The SMILES string of the molecule is Cc1cnc2cc(CC(F)(F)F)ccc2n1. The van der Waals surface area contributed by atoms with Crippen LogP contribution in [-0.4, -0.2) is 16.1 Å². The Morgan fingerprint density at radius 3 is 2.62 bits per heavy atom. The first kappa shape index (κ1) is 10.9. The van der Waals surface area contributed by atoms with Crippen LogP contribution in [0.2, 0.25) is 0 Å². The smallest absolute Gasteiger partial charge is 0.253 e. The van der Waals surface area contributed by atoms with Gasteiger partial charge in [0.1, 0.15) is 0 Å². The van der Waals surface area contributed by atoms with Crippen LogP contribution in [0.15, 0.2) is 24.4 Å². The normalized spacial score (nSPS) is 12.0. The number of aromatic nitrogens is 2. The van der Waals surface area contributed by atoms with E-state index in [9.17, 15) is 13.2 Å². The van der Waals surface area contributed by atoms with Gasteiger partial charge in [0.05, 0.1) is 23.1 Å². The molecule has 0 aliphatic heterocycles. The fraction of sp³-hybridized carbons (Fsp3) is 0.273. The van der Waals surface area contributed by atoms with Crippen molar-refractivity contribution in [1.82, 2.24) is 9.97 Å². The molecule has 0 atom stereocenters. The highest BCUT2D eigenvalue weighted by Gasteiger charge is 2.27. The summed E-state index contributed by atoms with van der Waals surface area (Å²) < 4.78 is 36.5. The number of alkyl halides is 3. The van der Waals surface area contributed by atoms with Gasteiger partial charge < -0.3 is 0 Å². The topological polar surface area (TPSA) is 25.8 Å². The van der Waals surface area contributed by atoms with Gasteiger partial charge in [-0.1, -0.05) is 6.07 Å². The van der Waals surface area contributed by atoms with Crippen molar-refractivity contribution in [2.24, 2.45) is 0 Å². The van der Waals surface area contributed by atoms with Crippen LogP contribution in [0.3, 0.4) is 0 Å². The molecule has 1 aromatic heterocycles. The van der Waals surface area contributed by atoms with Crippen LogP contribution in [0.25, 0.3) is 11.0 Å². The fourth-order valence-electron chi connectivity index (χ4n) is 1.49. The number of fused-ring (bicyclic) bond motifs is 1. The Kier molecular flexibility index (Phi) is 2.53. The van der Waals surface area contributed by atoms with Crippen LogP contribution in [-0.2, 0) is 6.42 Å². The number of rotatable bonds is 1. The summed E-state index contributed by atoms with van der Waals surface area (Å²) in [6, 6.07) is 4.43. The van der Waals surface area contributed by atoms with Gasteiger partial charge in [-0.2, -0.15) is 13.2 Å². The van der Waals surface area contributed by atoms with E-state index in [4.69, 9.17) is 0 Å². The molecule has 0 saturated carbocycles. The Balaban J connectivity index is 2.41. The highest BCUT2D eigenvalue weighted by atomic mass is 19.4. The molecule has 0 aliphatic rings. The molecule has 0 aliphatic carbocycles. The molecular formula is C11H9F3N2. The van der Waals surface area contributed by atoms with Crippen LogP contribution in [0.5, 0.6) is 0 Å². The van der Waals surface area contributed by atoms with Gasteiger partial charge in [-0.05, 0) is 24.6 Å². The number of aryl methyl sites for hydroxylation is 1. The zero-order valence-corrected chi connectivity index (χ0v) is 8.54. The summed E-state index contributed by atoms with van der Waals surface area (Å²) in [6.07, 6.45) is -3.58. The van der Waals surface area contributed by atoms with Gasteiger partial charge >= 0.3 is 6.18 Å². The first-order chi connectivity index (χ1) is 7.44. The van der Waals surface area contributed by atoms with E-state index in [1.54, 1.807) is 19.2 Å². The lowest BCUT2D eigenvalue weighted by Gasteiger charge is -2.06. The van der Waals surface area contributed by atoms with Gasteiger partial charge in [-0.15, -0.1) is 0 Å². The van der Waals surface area contributed by atoms with Gasteiger partial charge in [-0.25, -0.2) is 4.98 Å². The summed E-state index contributed by atoms with van der Waals surface area (Å²) in [5.41, 5.74) is 2.06. The highest BCUT2D eigenvalue weighted by Crippen LogP contribution is 2.22. The Hall–Kier alpha value is -1.65. The second-order valence-corrected chi connectivity index (χ2v) is 3.63. The first-order valence-electron chi connectivity index (χ1n) is 4.73. The zero-order valence-electron chi connectivity index (χ0n) is 8.54. The van der Waals surface area contributed by atoms with Crippen LogP contribution in [0.1, 0.15) is 11.3 Å². The summed E-state index contributed by atoms with van der Waals surface area (Å²) in [7, 11) is 0. The lowest BCUT2D eigenvalue weighted by Crippen LogP contribution is -2.11. The van der Waals surface area contributed by atoms with E-state index in [-0.39, 0.29) is 5.56 Å². The Morgan fingerprint density at radius 1 is 1.19 bits per heavy atom. The Morgan fingerprint density at radius 2 is 1.94 bits per heavy atom. The van der Waals surface area contributed by atoms with Crippen molar-refractivity contribution in [2.45, 2.75) is 19.5 Å². The molecule has 1 aromatic carbocycles. The molecule has 2 rings (SSSR count). The summed E-state index contributed by atoms with van der Waals surface area (Å²) in [6.45, 7) is 1.79. The Bertz CT molecular complexity index is 520. The predicted octanol–water partition coefficient (Wildman–Crippen LogP) is 3.04. The van der Waals surface area contributed by atoms with Crippen molar-refractivity contribution in [3.63, 3.8) is 0 Å². The summed E-state index contributed by atoms with van der Waals surface area (Å²) in [5.74, 6) is 0. The van der Waals surface area contributed by atoms with Crippen molar-refractivity contribution in [1.29, 1.82) is 0 Å². The number of benzene rings is 1. The third-order valence-electron chi connectivity index (χ3n) is 2.13. The maximum absolute atomic E-state index is 12.2. The first-order valence-corrected chi connectivity index (χ1v) is 4.73. The van der Waals surface area contributed by atoms with Gasteiger partial charge in [0.25, 0.3) is 0 Å². The molecule has 0 bridgehead atoms. The van der Waals surface area contributed by atoms with E-state index in [1.807, 2.05) is 0 Å². The molecule has 0 amide bonds. The number of nitrogens with zero attached hydrogens (tertiary/aromatic N) is 2. The average Bonchev–Trinajstić information content (AvgIpc) is 2.16. The molecule has 2 aromatic rings. The van der Waals surface area contributed by atoms with Crippen LogP contribution in [0.4, 0.5) is 13.2 Å². The number of hydrogen-bond donors (Lipinski definition) is 0. The van der Waals surface area contributed by atoms with Crippen LogP contribution < -0.4 is 0 Å². The van der Waals surface area contributed by atoms with Crippen LogP contribution in [0, 0.1) is 6.92 Å². The summed E-state index contributed by atoms with van der Waals surface area (Å²) in [4.78, 5) is 8.21. The lowest BCUT2D eigenvalue weighted by molar-refractivity contribution is -0.127. The summed E-state index contributed by atoms with van der Waals surface area (Å²) >= 11 is 0. The molecule has 2 nitrogen and oxygen atoms in total. The molecule has 5 heteroatoms. The van der Waals surface area contributed by atoms with Gasteiger partial charge in [0.2, 0.25) is 0 Å². The average molecular weight is 226 g/mol. The number of hydrogen-bond acceptors (Lipinski definition) is 2. The van der Waals surface area contributed by atoms with Crippen molar-refractivity contribution < 1.29 is 13.2 Å². The minimum atomic E-state index is -4.19. The maximum Gasteiger partial charge on any atom is 0.393 e. The zero-order chi connectivity index (χ0) is 11.8. The monoisotopic (exact) mass is 226 g/mol. The molecule has 0 N–H and O–H groups in total. The molecule has 0 radical (unpaired) electrons. The lowest BCUT2D eigenvalue weighted by atomic mass is 10.1. The second-order valence-electron chi connectivity index (χ2n) is 3.63.